The molecule has 6 heteroatoms. The Hall–Kier alpha value is -4.47. The van der Waals surface area contributed by atoms with Crippen LogP contribution < -0.4 is 4.74 Å². The number of benzene rings is 4. The molecule has 7 rings (SSSR count). The van der Waals surface area contributed by atoms with E-state index in [-0.39, 0.29) is 21.1 Å². The van der Waals surface area contributed by atoms with Gasteiger partial charge >= 0.3 is 21.1 Å². The zero-order valence-electron chi connectivity index (χ0n) is 27.3. The predicted octanol–water partition coefficient (Wildman–Crippen LogP) is 10.3. The van der Waals surface area contributed by atoms with Crippen LogP contribution >= 0.6 is 0 Å². The molecule has 0 atom stereocenters. The zero-order valence-corrected chi connectivity index (χ0v) is 29.6. The minimum Gasteiger partial charge on any atom is -0.509 e. The first kappa shape index (κ1) is 32.5. The van der Waals surface area contributed by atoms with Crippen molar-refractivity contribution in [3.63, 3.8) is 0 Å². The van der Waals surface area contributed by atoms with E-state index < -0.39 is 0 Å². The van der Waals surface area contributed by atoms with Crippen molar-refractivity contribution >= 4 is 21.8 Å². The van der Waals surface area contributed by atoms with Gasteiger partial charge in [0.1, 0.15) is 5.82 Å². The van der Waals surface area contributed by atoms with Gasteiger partial charge in [-0.3, -0.25) is 4.68 Å². The fraction of sp³-hybridized carbons (Fsp3) is 0.220. The third-order valence-corrected chi connectivity index (χ3v) is 8.67. The van der Waals surface area contributed by atoms with Crippen LogP contribution in [0.1, 0.15) is 55.6 Å². The van der Waals surface area contributed by atoms with Crippen molar-refractivity contribution in [2.24, 2.45) is 0 Å². The molecule has 0 saturated carbocycles. The van der Waals surface area contributed by atoms with E-state index in [2.05, 4.69) is 105 Å². The van der Waals surface area contributed by atoms with Crippen LogP contribution in [0.15, 0.2) is 97.2 Å². The molecule has 3 heterocycles. The molecular formula is C41H38N4OPt. The smallest absolute Gasteiger partial charge is 0.509 e. The maximum Gasteiger partial charge on any atom is 2.00 e. The molecule has 5 nitrogen and oxygen atoms in total. The monoisotopic (exact) mass is 797 g/mol. The number of pyridine rings is 1. The van der Waals surface area contributed by atoms with Gasteiger partial charge in [-0.05, 0) is 79.1 Å². The molecule has 7 aromatic rings. The number of fused-ring (bicyclic) bond motifs is 3. The number of ether oxygens (including phenoxy) is 1. The molecule has 0 aliphatic rings. The quantitative estimate of drug-likeness (QED) is 0.130. The van der Waals surface area contributed by atoms with Crippen molar-refractivity contribution in [1.29, 1.82) is 0 Å². The van der Waals surface area contributed by atoms with Gasteiger partial charge in [0.15, 0.2) is 0 Å². The molecule has 0 bridgehead atoms. The fourth-order valence-corrected chi connectivity index (χ4v) is 6.47. The number of aryl methyl sites for hydroxylation is 3. The third kappa shape index (κ3) is 6.42. The normalized spacial score (nSPS) is 11.2. The van der Waals surface area contributed by atoms with E-state index in [1.807, 2.05) is 41.2 Å². The van der Waals surface area contributed by atoms with Crippen molar-refractivity contribution in [1.82, 2.24) is 19.3 Å². The average molecular weight is 798 g/mol. The Bertz CT molecular complexity index is 2160. The molecule has 0 aliphatic carbocycles. The molecule has 0 radical (unpaired) electrons. The summed E-state index contributed by atoms with van der Waals surface area (Å²) in [7, 11) is 0. The van der Waals surface area contributed by atoms with Crippen molar-refractivity contribution in [2.75, 3.05) is 0 Å². The number of hydrogen-bond acceptors (Lipinski definition) is 3. The Morgan fingerprint density at radius 2 is 1.55 bits per heavy atom. The summed E-state index contributed by atoms with van der Waals surface area (Å²) < 4.78 is 10.6. The van der Waals surface area contributed by atoms with Gasteiger partial charge in [0.05, 0.1) is 5.69 Å². The van der Waals surface area contributed by atoms with Gasteiger partial charge in [-0.15, -0.1) is 35.7 Å². The number of aromatic nitrogens is 4. The minimum absolute atomic E-state index is 0. The number of unbranched alkanes of at least 4 members (excludes halogenated alkanes) is 1. The first-order valence-electron chi connectivity index (χ1n) is 16.3. The molecule has 0 saturated heterocycles. The van der Waals surface area contributed by atoms with Crippen LogP contribution in [0.5, 0.6) is 11.5 Å². The van der Waals surface area contributed by atoms with E-state index in [0.29, 0.717) is 11.5 Å². The van der Waals surface area contributed by atoms with E-state index in [0.717, 1.165) is 69.7 Å². The number of hydrogen-bond donors (Lipinski definition) is 0. The number of nitrogens with zero attached hydrogens (tertiary/aromatic N) is 4. The summed E-state index contributed by atoms with van der Waals surface area (Å²) in [6.07, 6.45) is 7.44. The Morgan fingerprint density at radius 3 is 2.36 bits per heavy atom. The van der Waals surface area contributed by atoms with Crippen LogP contribution in [0, 0.1) is 26.0 Å². The summed E-state index contributed by atoms with van der Waals surface area (Å²) in [4.78, 5) is 4.82. The summed E-state index contributed by atoms with van der Waals surface area (Å²) in [5.74, 6) is 2.13. The van der Waals surface area contributed by atoms with Gasteiger partial charge < -0.3 is 9.30 Å². The minimum atomic E-state index is 0. The first-order chi connectivity index (χ1) is 22.5. The van der Waals surface area contributed by atoms with Gasteiger partial charge in [0.2, 0.25) is 0 Å². The SMILES string of the molecule is CCCCc1ccc2c(c1)c1ccc(Oc3[c-]c(-n4nc(C)c(-c5ccccc5)c4C)ccc3)[c-]c1n2-c1cc(CCC)ccn1.[Pt+2]. The molecule has 0 unspecified atom stereocenters. The van der Waals surface area contributed by atoms with Crippen LogP contribution in [0.4, 0.5) is 0 Å². The Labute approximate surface area is 291 Å². The van der Waals surface area contributed by atoms with Gasteiger partial charge in [0, 0.05) is 34.5 Å². The summed E-state index contributed by atoms with van der Waals surface area (Å²) in [5, 5.41) is 7.22. The van der Waals surface area contributed by atoms with Gasteiger partial charge in [0.25, 0.3) is 0 Å². The van der Waals surface area contributed by atoms with E-state index >= 15 is 0 Å². The maximum absolute atomic E-state index is 6.45. The number of rotatable bonds is 10. The fourth-order valence-electron chi connectivity index (χ4n) is 6.47. The van der Waals surface area contributed by atoms with E-state index in [9.17, 15) is 0 Å². The van der Waals surface area contributed by atoms with Gasteiger partial charge in [-0.25, -0.2) is 4.98 Å². The second-order valence-electron chi connectivity index (χ2n) is 12.0. The molecule has 0 N–H and O–H groups in total. The van der Waals surface area contributed by atoms with Crippen molar-refractivity contribution in [2.45, 2.75) is 59.8 Å². The average Bonchev–Trinajstić information content (AvgIpc) is 3.56. The van der Waals surface area contributed by atoms with E-state index in [1.54, 1.807) is 0 Å². The van der Waals surface area contributed by atoms with E-state index in [1.165, 1.54) is 29.4 Å². The summed E-state index contributed by atoms with van der Waals surface area (Å²) in [6, 6.07) is 38.7. The molecule has 238 valence electrons. The first-order valence-corrected chi connectivity index (χ1v) is 16.3. The molecule has 0 fully saturated rings. The molecule has 0 spiro atoms. The molecule has 0 amide bonds. The van der Waals surface area contributed by atoms with Crippen LogP contribution in [0.3, 0.4) is 0 Å². The zero-order chi connectivity index (χ0) is 31.6. The Morgan fingerprint density at radius 1 is 0.745 bits per heavy atom. The largest absolute Gasteiger partial charge is 2.00 e. The van der Waals surface area contributed by atoms with Gasteiger partial charge in [-0.2, -0.15) is 17.2 Å². The Balaban J connectivity index is 0.00000386. The molecular weight excluding hydrogens is 760 g/mol. The van der Waals surface area contributed by atoms with Crippen molar-refractivity contribution < 1.29 is 25.8 Å². The molecule has 4 aromatic carbocycles. The third-order valence-electron chi connectivity index (χ3n) is 8.67. The Kier molecular flexibility index (Phi) is 9.75. The molecule has 3 aromatic heterocycles. The molecule has 0 aliphatic heterocycles. The van der Waals surface area contributed by atoms with Crippen LogP contribution in [0.25, 0.3) is 44.4 Å². The maximum atomic E-state index is 6.45. The van der Waals surface area contributed by atoms with Crippen LogP contribution in [0.2, 0.25) is 0 Å². The summed E-state index contributed by atoms with van der Waals surface area (Å²) in [5.41, 5.74) is 9.86. The second-order valence-corrected chi connectivity index (χ2v) is 12.0. The van der Waals surface area contributed by atoms with Gasteiger partial charge in [-0.1, -0.05) is 74.7 Å². The van der Waals surface area contributed by atoms with Crippen molar-refractivity contribution in [3.05, 3.63) is 132 Å². The summed E-state index contributed by atoms with van der Waals surface area (Å²) in [6.45, 7) is 8.59. The van der Waals surface area contributed by atoms with Crippen LogP contribution in [-0.4, -0.2) is 19.3 Å². The summed E-state index contributed by atoms with van der Waals surface area (Å²) >= 11 is 0. The second kappa shape index (κ2) is 14.1. The van der Waals surface area contributed by atoms with Crippen molar-refractivity contribution in [3.8, 4) is 34.1 Å². The standard InChI is InChI=1S/C41H38N4O.Pt/c1-5-7-13-31-18-21-38-37(24-31)36-20-19-35(27-39(36)44(38)40-25-30(12-6-2)22-23-42-40)46-34-17-11-16-33(26-34)45-29(4)41(28(3)43-45)32-14-9-8-10-15-32;/h8-11,14-25H,5-7,12-13H2,1-4H3;/q-2;+2. The predicted molar refractivity (Wildman–Crippen MR) is 187 cm³/mol. The molecule has 47 heavy (non-hydrogen) atoms. The van der Waals surface area contributed by atoms with E-state index in [4.69, 9.17) is 14.8 Å². The topological polar surface area (TPSA) is 44.9 Å². The van der Waals surface area contributed by atoms with Crippen LogP contribution in [-0.2, 0) is 33.9 Å².